The van der Waals surface area contributed by atoms with Crippen molar-refractivity contribution >= 4 is 11.9 Å². The number of halogens is 1. The predicted molar refractivity (Wildman–Crippen MR) is 94.8 cm³/mol. The minimum absolute atomic E-state index is 0.0501. The first-order valence-electron chi connectivity index (χ1n) is 8.07. The van der Waals surface area contributed by atoms with E-state index < -0.39 is 11.9 Å². The molecule has 3 rings (SSSR count). The third-order valence-corrected chi connectivity index (χ3v) is 4.09. The number of aliphatic carboxylic acids is 2. The van der Waals surface area contributed by atoms with Crippen LogP contribution in [0.4, 0.5) is 4.39 Å². The quantitative estimate of drug-likeness (QED) is 0.705. The summed E-state index contributed by atoms with van der Waals surface area (Å²) in [6.07, 6.45) is 0.938. The molecule has 3 N–H and O–H groups in total. The van der Waals surface area contributed by atoms with Crippen LogP contribution in [0.5, 0.6) is 11.5 Å². The van der Waals surface area contributed by atoms with E-state index in [9.17, 15) is 4.39 Å². The van der Waals surface area contributed by atoms with E-state index >= 15 is 0 Å². The van der Waals surface area contributed by atoms with Crippen LogP contribution < -0.4 is 14.8 Å². The minimum Gasteiger partial charge on any atom is -0.493 e. The van der Waals surface area contributed by atoms with Crippen LogP contribution >= 0.6 is 0 Å². The zero-order valence-electron chi connectivity index (χ0n) is 14.9. The third kappa shape index (κ3) is 4.95. The summed E-state index contributed by atoms with van der Waals surface area (Å²) in [6, 6.07) is 10.7. The molecule has 144 valence electrons. The van der Waals surface area contributed by atoms with Crippen molar-refractivity contribution in [3.05, 3.63) is 58.9 Å². The average molecular weight is 377 g/mol. The molecule has 0 aliphatic carbocycles. The highest BCUT2D eigenvalue weighted by Crippen LogP contribution is 2.37. The molecular weight excluding hydrogens is 357 g/mol. The molecule has 2 aromatic carbocycles. The third-order valence-electron chi connectivity index (χ3n) is 4.09. The van der Waals surface area contributed by atoms with Crippen molar-refractivity contribution in [1.29, 1.82) is 0 Å². The van der Waals surface area contributed by atoms with Gasteiger partial charge in [0.1, 0.15) is 5.82 Å². The van der Waals surface area contributed by atoms with Crippen molar-refractivity contribution in [3.63, 3.8) is 0 Å². The van der Waals surface area contributed by atoms with E-state index in [1.165, 1.54) is 17.7 Å². The molecule has 0 saturated carbocycles. The van der Waals surface area contributed by atoms with Gasteiger partial charge in [0.2, 0.25) is 0 Å². The number of methoxy groups -OCH3 is 2. The fourth-order valence-electron chi connectivity index (χ4n) is 2.84. The fraction of sp³-hybridized carbons (Fsp3) is 0.263. The highest BCUT2D eigenvalue weighted by molar-refractivity contribution is 6.27. The number of nitrogens with one attached hydrogen (secondary N) is 1. The second kappa shape index (κ2) is 9.00. The molecule has 27 heavy (non-hydrogen) atoms. The Balaban J connectivity index is 0.000000380. The van der Waals surface area contributed by atoms with Gasteiger partial charge in [0.15, 0.2) is 11.5 Å². The van der Waals surface area contributed by atoms with Gasteiger partial charge in [-0.2, -0.15) is 0 Å². The molecule has 0 aromatic heterocycles. The van der Waals surface area contributed by atoms with Crippen LogP contribution in [0.15, 0.2) is 36.4 Å². The predicted octanol–water partition coefficient (Wildman–Crippen LogP) is 2.23. The van der Waals surface area contributed by atoms with Gasteiger partial charge in [-0.15, -0.1) is 0 Å². The van der Waals surface area contributed by atoms with E-state index in [2.05, 4.69) is 5.32 Å². The largest absolute Gasteiger partial charge is 0.493 e. The summed E-state index contributed by atoms with van der Waals surface area (Å²) in [5.41, 5.74) is 3.44. The van der Waals surface area contributed by atoms with Crippen molar-refractivity contribution in [2.75, 3.05) is 20.8 Å². The molecule has 0 spiro atoms. The molecule has 0 fully saturated rings. The highest BCUT2D eigenvalue weighted by Gasteiger charge is 2.23. The topological polar surface area (TPSA) is 105 Å². The molecule has 1 atom stereocenters. The zero-order valence-corrected chi connectivity index (χ0v) is 14.9. The van der Waals surface area contributed by atoms with E-state index in [0.717, 1.165) is 29.8 Å². The lowest BCUT2D eigenvalue weighted by Gasteiger charge is -2.28. The molecule has 1 heterocycles. The second-order valence-electron chi connectivity index (χ2n) is 5.70. The van der Waals surface area contributed by atoms with Gasteiger partial charge in [-0.1, -0.05) is 12.1 Å². The van der Waals surface area contributed by atoms with E-state index in [1.54, 1.807) is 14.2 Å². The summed E-state index contributed by atoms with van der Waals surface area (Å²) in [7, 11) is 3.27. The van der Waals surface area contributed by atoms with Crippen molar-refractivity contribution in [3.8, 4) is 11.5 Å². The number of carboxylic acids is 2. The minimum atomic E-state index is -1.82. The Morgan fingerprint density at radius 2 is 1.59 bits per heavy atom. The Kier molecular flexibility index (Phi) is 6.73. The number of fused-ring (bicyclic) bond motifs is 1. The lowest BCUT2D eigenvalue weighted by molar-refractivity contribution is -0.159. The Bertz CT molecular complexity index is 810. The Morgan fingerprint density at radius 3 is 2.11 bits per heavy atom. The number of ether oxygens (including phenoxy) is 2. The molecular formula is C19H20FNO6. The number of hydrogen-bond acceptors (Lipinski definition) is 5. The fourth-order valence-corrected chi connectivity index (χ4v) is 2.84. The van der Waals surface area contributed by atoms with Crippen LogP contribution in [0.2, 0.25) is 0 Å². The van der Waals surface area contributed by atoms with E-state index in [1.807, 2.05) is 24.3 Å². The number of hydrogen-bond donors (Lipinski definition) is 3. The molecule has 8 heteroatoms. The van der Waals surface area contributed by atoms with Gasteiger partial charge in [-0.05, 0) is 47.4 Å². The standard InChI is InChI=1S/C17H18FNO2.C2H2O4/c1-20-15-9-12-7-8-19-17(14(12)10-16(15)21-2)11-3-5-13(18)6-4-11;3-1(4)2(5)6/h3-6,9-10,17,19H,7-8H2,1-2H3;(H,3,4)(H,5,6). The van der Waals surface area contributed by atoms with E-state index in [-0.39, 0.29) is 11.9 Å². The average Bonchev–Trinajstić information content (AvgIpc) is 2.67. The van der Waals surface area contributed by atoms with Crippen LogP contribution in [0.25, 0.3) is 0 Å². The Labute approximate surface area is 155 Å². The van der Waals surface area contributed by atoms with Crippen molar-refractivity contribution < 1.29 is 33.7 Å². The SMILES string of the molecule is COc1cc2c(cc1OC)C(c1ccc(F)cc1)NCC2.O=C(O)C(=O)O. The monoisotopic (exact) mass is 377 g/mol. The first-order chi connectivity index (χ1) is 12.9. The smallest absolute Gasteiger partial charge is 0.414 e. The Hall–Kier alpha value is -3.13. The molecule has 0 saturated heterocycles. The first-order valence-corrected chi connectivity index (χ1v) is 8.07. The number of benzene rings is 2. The number of carboxylic acid groups (broad SMARTS) is 2. The first kappa shape index (κ1) is 20.2. The lowest BCUT2D eigenvalue weighted by atomic mass is 9.89. The van der Waals surface area contributed by atoms with Gasteiger partial charge in [0.25, 0.3) is 0 Å². The maximum Gasteiger partial charge on any atom is 0.414 e. The van der Waals surface area contributed by atoms with Crippen LogP contribution in [-0.2, 0) is 16.0 Å². The van der Waals surface area contributed by atoms with Crippen LogP contribution in [0.3, 0.4) is 0 Å². The summed E-state index contributed by atoms with van der Waals surface area (Å²) in [5.74, 6) is -2.41. The van der Waals surface area contributed by atoms with Crippen molar-refractivity contribution in [1.82, 2.24) is 5.32 Å². The van der Waals surface area contributed by atoms with Crippen LogP contribution in [0, 0.1) is 5.82 Å². The van der Waals surface area contributed by atoms with Gasteiger partial charge >= 0.3 is 11.9 Å². The van der Waals surface area contributed by atoms with E-state index in [4.69, 9.17) is 29.3 Å². The van der Waals surface area contributed by atoms with Gasteiger partial charge in [0.05, 0.1) is 20.3 Å². The van der Waals surface area contributed by atoms with Crippen LogP contribution in [0.1, 0.15) is 22.7 Å². The van der Waals surface area contributed by atoms with Crippen molar-refractivity contribution in [2.24, 2.45) is 0 Å². The normalized spacial score (nSPS) is 15.0. The number of rotatable bonds is 3. The second-order valence-corrected chi connectivity index (χ2v) is 5.70. The highest BCUT2D eigenvalue weighted by atomic mass is 19.1. The van der Waals surface area contributed by atoms with Gasteiger partial charge in [-0.25, -0.2) is 14.0 Å². The molecule has 2 aromatic rings. The summed E-state index contributed by atoms with van der Waals surface area (Å²) >= 11 is 0. The zero-order chi connectivity index (χ0) is 20.0. The maximum absolute atomic E-state index is 13.1. The number of carbonyl (C=O) groups is 2. The lowest BCUT2D eigenvalue weighted by Crippen LogP contribution is -2.30. The van der Waals surface area contributed by atoms with Gasteiger partial charge < -0.3 is 25.0 Å². The molecule has 0 amide bonds. The molecule has 0 bridgehead atoms. The van der Waals surface area contributed by atoms with Gasteiger partial charge in [-0.3, -0.25) is 0 Å². The Morgan fingerprint density at radius 1 is 1.04 bits per heavy atom. The molecule has 1 aliphatic rings. The van der Waals surface area contributed by atoms with Crippen LogP contribution in [-0.4, -0.2) is 42.9 Å². The molecule has 0 radical (unpaired) electrons. The summed E-state index contributed by atoms with van der Waals surface area (Å²) in [4.78, 5) is 18.2. The summed E-state index contributed by atoms with van der Waals surface area (Å²) in [5, 5.41) is 18.3. The summed E-state index contributed by atoms with van der Waals surface area (Å²) < 4.78 is 23.9. The molecule has 1 aliphatic heterocycles. The van der Waals surface area contributed by atoms with Gasteiger partial charge in [0, 0.05) is 6.54 Å². The van der Waals surface area contributed by atoms with E-state index in [0.29, 0.717) is 5.75 Å². The molecule has 1 unspecified atom stereocenters. The molecule has 7 nitrogen and oxygen atoms in total. The maximum atomic E-state index is 13.1. The summed E-state index contributed by atoms with van der Waals surface area (Å²) in [6.45, 7) is 0.879. The van der Waals surface area contributed by atoms with Crippen molar-refractivity contribution in [2.45, 2.75) is 12.5 Å².